The zero-order chi connectivity index (χ0) is 19.3. The number of carbonyl (C=O) groups is 1. The number of rotatable bonds is 5. The van der Waals surface area contributed by atoms with E-state index in [1.165, 1.54) is 5.56 Å². The Balaban J connectivity index is 1.50. The highest BCUT2D eigenvalue weighted by Gasteiger charge is 2.23. The number of ether oxygens (including phenoxy) is 2. The molecule has 3 aromatic carbocycles. The van der Waals surface area contributed by atoms with Crippen molar-refractivity contribution in [2.24, 2.45) is 4.99 Å². The molecule has 0 bridgehead atoms. The van der Waals surface area contributed by atoms with Crippen LogP contribution in [0.25, 0.3) is 6.08 Å². The molecular weight excluding hydrogens is 350 g/mol. The average Bonchev–Trinajstić information content (AvgIpc) is 3.09. The van der Waals surface area contributed by atoms with Crippen LogP contribution in [0.5, 0.6) is 5.75 Å². The van der Waals surface area contributed by atoms with Crippen molar-refractivity contribution in [3.63, 3.8) is 0 Å². The van der Waals surface area contributed by atoms with Crippen molar-refractivity contribution in [1.82, 2.24) is 0 Å². The van der Waals surface area contributed by atoms with E-state index < -0.39 is 5.97 Å². The minimum absolute atomic E-state index is 0.273. The summed E-state index contributed by atoms with van der Waals surface area (Å²) in [5.74, 6) is 0.599. The van der Waals surface area contributed by atoms with Crippen LogP contribution < -0.4 is 4.74 Å². The van der Waals surface area contributed by atoms with Crippen LogP contribution in [0.1, 0.15) is 22.3 Å². The Bertz CT molecular complexity index is 1050. The molecule has 4 nitrogen and oxygen atoms in total. The Labute approximate surface area is 163 Å². The van der Waals surface area contributed by atoms with Gasteiger partial charge in [0.2, 0.25) is 5.90 Å². The van der Waals surface area contributed by atoms with E-state index in [1.54, 1.807) is 6.08 Å². The lowest BCUT2D eigenvalue weighted by Crippen LogP contribution is -2.04. The number of nitrogens with zero attached hydrogens (tertiary/aromatic N) is 1. The topological polar surface area (TPSA) is 47.9 Å². The monoisotopic (exact) mass is 369 g/mol. The van der Waals surface area contributed by atoms with E-state index in [0.717, 1.165) is 22.4 Å². The lowest BCUT2D eigenvalue weighted by molar-refractivity contribution is -0.129. The normalized spacial score (nSPS) is 14.7. The molecule has 0 spiro atoms. The van der Waals surface area contributed by atoms with Gasteiger partial charge < -0.3 is 9.47 Å². The zero-order valence-corrected chi connectivity index (χ0v) is 15.5. The van der Waals surface area contributed by atoms with Gasteiger partial charge in [0.25, 0.3) is 0 Å². The fourth-order valence-electron chi connectivity index (χ4n) is 2.82. The summed E-state index contributed by atoms with van der Waals surface area (Å²) >= 11 is 0. The largest absolute Gasteiger partial charge is 0.489 e. The molecule has 0 saturated carbocycles. The first-order chi connectivity index (χ1) is 13.7. The second-order valence-electron chi connectivity index (χ2n) is 6.55. The van der Waals surface area contributed by atoms with E-state index in [4.69, 9.17) is 9.47 Å². The van der Waals surface area contributed by atoms with Crippen molar-refractivity contribution in [2.45, 2.75) is 13.5 Å². The second-order valence-corrected chi connectivity index (χ2v) is 6.55. The highest BCUT2D eigenvalue weighted by atomic mass is 16.6. The number of cyclic esters (lactones) is 1. The lowest BCUT2D eigenvalue weighted by Gasteiger charge is -2.07. The third-order valence-corrected chi connectivity index (χ3v) is 4.33. The molecule has 0 radical (unpaired) electrons. The molecule has 0 fully saturated rings. The molecule has 1 aliphatic heterocycles. The number of carbonyl (C=O) groups excluding carboxylic acids is 1. The molecule has 0 amide bonds. The number of aliphatic imine (C=N–C) groups is 1. The summed E-state index contributed by atoms with van der Waals surface area (Å²) in [5, 5.41) is 0. The van der Waals surface area contributed by atoms with Crippen LogP contribution in [-0.4, -0.2) is 11.9 Å². The van der Waals surface area contributed by atoms with Crippen molar-refractivity contribution < 1.29 is 14.3 Å². The number of hydrogen-bond acceptors (Lipinski definition) is 4. The molecule has 0 atom stereocenters. The van der Waals surface area contributed by atoms with Crippen molar-refractivity contribution in [3.8, 4) is 5.75 Å². The van der Waals surface area contributed by atoms with Crippen LogP contribution in [-0.2, 0) is 16.1 Å². The third-order valence-electron chi connectivity index (χ3n) is 4.33. The van der Waals surface area contributed by atoms with Crippen molar-refractivity contribution >= 4 is 17.9 Å². The van der Waals surface area contributed by atoms with E-state index in [1.807, 2.05) is 54.6 Å². The average molecular weight is 369 g/mol. The predicted octanol–water partition coefficient (Wildman–Crippen LogP) is 4.92. The van der Waals surface area contributed by atoms with Crippen LogP contribution in [0.2, 0.25) is 0 Å². The fourth-order valence-corrected chi connectivity index (χ4v) is 2.82. The summed E-state index contributed by atoms with van der Waals surface area (Å²) in [6.45, 7) is 2.54. The molecule has 138 valence electrons. The maximum Gasteiger partial charge on any atom is 0.363 e. The van der Waals surface area contributed by atoms with E-state index in [0.29, 0.717) is 12.5 Å². The van der Waals surface area contributed by atoms with Gasteiger partial charge in [0, 0.05) is 5.56 Å². The first-order valence-electron chi connectivity index (χ1n) is 9.04. The third kappa shape index (κ3) is 4.18. The van der Waals surface area contributed by atoms with Gasteiger partial charge in [-0.1, -0.05) is 60.2 Å². The molecule has 1 heterocycles. The standard InChI is InChI=1S/C24H19NO3/c1-17-10-12-18(13-11-17)16-27-21-9-5-6-19(14-21)15-22-24(26)28-23(25-22)20-7-3-2-4-8-20/h2-15H,16H2,1H3/b22-15-. The molecular formula is C24H19NO3. The van der Waals surface area contributed by atoms with Crippen molar-refractivity contribution in [3.05, 3.63) is 107 Å². The van der Waals surface area contributed by atoms with Gasteiger partial charge in [-0.2, -0.15) is 0 Å². The van der Waals surface area contributed by atoms with Gasteiger partial charge in [0.1, 0.15) is 12.4 Å². The number of aryl methyl sites for hydroxylation is 1. The molecule has 0 unspecified atom stereocenters. The zero-order valence-electron chi connectivity index (χ0n) is 15.5. The van der Waals surface area contributed by atoms with E-state index in [2.05, 4.69) is 36.2 Å². The summed E-state index contributed by atoms with van der Waals surface area (Å²) in [6.07, 6.45) is 1.71. The van der Waals surface area contributed by atoms with Crippen molar-refractivity contribution in [2.75, 3.05) is 0 Å². The fraction of sp³-hybridized carbons (Fsp3) is 0.0833. The lowest BCUT2D eigenvalue weighted by atomic mass is 10.1. The highest BCUT2D eigenvalue weighted by molar-refractivity contribution is 6.12. The summed E-state index contributed by atoms with van der Waals surface area (Å²) in [6, 6.07) is 25.2. The van der Waals surface area contributed by atoms with E-state index in [-0.39, 0.29) is 5.70 Å². The number of hydrogen-bond donors (Lipinski definition) is 0. The van der Waals surface area contributed by atoms with Gasteiger partial charge in [-0.25, -0.2) is 9.79 Å². The molecule has 0 aliphatic carbocycles. The minimum Gasteiger partial charge on any atom is -0.489 e. The SMILES string of the molecule is Cc1ccc(COc2cccc(/C=C3\N=C(c4ccccc4)OC3=O)c2)cc1. The van der Waals surface area contributed by atoms with Gasteiger partial charge in [0.15, 0.2) is 5.70 Å². The predicted molar refractivity (Wildman–Crippen MR) is 109 cm³/mol. The smallest absolute Gasteiger partial charge is 0.363 e. The summed E-state index contributed by atoms with van der Waals surface area (Å²) in [7, 11) is 0. The van der Waals surface area contributed by atoms with Gasteiger partial charge in [-0.05, 0) is 48.4 Å². The van der Waals surface area contributed by atoms with Crippen LogP contribution in [0.4, 0.5) is 0 Å². The maximum atomic E-state index is 12.1. The van der Waals surface area contributed by atoms with E-state index >= 15 is 0 Å². The number of esters is 1. The first-order valence-corrected chi connectivity index (χ1v) is 9.04. The molecule has 0 N–H and O–H groups in total. The molecule has 0 aromatic heterocycles. The molecule has 4 heteroatoms. The summed E-state index contributed by atoms with van der Waals surface area (Å²) in [5.41, 5.74) is 4.19. The van der Waals surface area contributed by atoms with Gasteiger partial charge in [0.05, 0.1) is 0 Å². The van der Waals surface area contributed by atoms with Crippen LogP contribution in [0.15, 0.2) is 89.6 Å². The molecule has 3 aromatic rings. The van der Waals surface area contributed by atoms with Crippen LogP contribution in [0.3, 0.4) is 0 Å². The Morgan fingerprint density at radius 2 is 1.75 bits per heavy atom. The Morgan fingerprint density at radius 3 is 2.54 bits per heavy atom. The Morgan fingerprint density at radius 1 is 0.964 bits per heavy atom. The summed E-state index contributed by atoms with van der Waals surface area (Å²) in [4.78, 5) is 16.5. The molecule has 28 heavy (non-hydrogen) atoms. The van der Waals surface area contributed by atoms with Crippen LogP contribution >= 0.6 is 0 Å². The molecule has 4 rings (SSSR count). The molecule has 1 aliphatic rings. The first kappa shape index (κ1) is 17.7. The quantitative estimate of drug-likeness (QED) is 0.474. The summed E-state index contributed by atoms with van der Waals surface area (Å²) < 4.78 is 11.2. The van der Waals surface area contributed by atoms with E-state index in [9.17, 15) is 4.79 Å². The van der Waals surface area contributed by atoms with Gasteiger partial charge in [-0.3, -0.25) is 0 Å². The molecule has 0 saturated heterocycles. The highest BCUT2D eigenvalue weighted by Crippen LogP contribution is 2.22. The maximum absolute atomic E-state index is 12.1. The second kappa shape index (κ2) is 7.92. The Hall–Kier alpha value is -3.66. The van der Waals surface area contributed by atoms with Gasteiger partial charge in [-0.15, -0.1) is 0 Å². The van der Waals surface area contributed by atoms with Crippen LogP contribution in [0, 0.1) is 6.92 Å². The number of benzene rings is 3. The van der Waals surface area contributed by atoms with Gasteiger partial charge >= 0.3 is 5.97 Å². The minimum atomic E-state index is -0.454. The van der Waals surface area contributed by atoms with Crippen molar-refractivity contribution in [1.29, 1.82) is 0 Å². The Kier molecular flexibility index (Phi) is 5.02.